The minimum absolute atomic E-state index is 0.203. The van der Waals surface area contributed by atoms with Gasteiger partial charge in [0, 0.05) is 25.2 Å². The van der Waals surface area contributed by atoms with Crippen LogP contribution in [0.5, 0.6) is 0 Å². The van der Waals surface area contributed by atoms with Gasteiger partial charge < -0.3 is 9.47 Å². The molecule has 176 valence electrons. The highest BCUT2D eigenvalue weighted by molar-refractivity contribution is 8.18. The summed E-state index contributed by atoms with van der Waals surface area (Å²) in [6.07, 6.45) is 5.84. The van der Waals surface area contributed by atoms with Gasteiger partial charge in [0.1, 0.15) is 0 Å². The van der Waals surface area contributed by atoms with Crippen molar-refractivity contribution in [3.8, 4) is 0 Å². The third kappa shape index (κ3) is 6.93. The summed E-state index contributed by atoms with van der Waals surface area (Å²) in [4.78, 5) is 60.6. The van der Waals surface area contributed by atoms with Crippen molar-refractivity contribution in [2.24, 2.45) is 9.98 Å². The average Bonchev–Trinajstić information content (AvgIpc) is 3.26. The lowest BCUT2D eigenvalue weighted by atomic mass is 10.3. The van der Waals surface area contributed by atoms with E-state index in [-0.39, 0.29) is 34.7 Å². The van der Waals surface area contributed by atoms with Gasteiger partial charge in [0.25, 0.3) is 11.8 Å². The van der Waals surface area contributed by atoms with Gasteiger partial charge in [-0.2, -0.15) is 0 Å². The van der Waals surface area contributed by atoms with Gasteiger partial charge in [-0.1, -0.05) is 12.2 Å². The van der Waals surface area contributed by atoms with E-state index in [1.807, 2.05) is 0 Å². The number of carbonyl (C=O) groups excluding carboxylic acids is 4. The quantitative estimate of drug-likeness (QED) is 0.257. The fourth-order valence-corrected chi connectivity index (χ4v) is 4.60. The summed E-state index contributed by atoms with van der Waals surface area (Å²) in [7, 11) is 2.46. The van der Waals surface area contributed by atoms with Gasteiger partial charge in [-0.3, -0.25) is 29.4 Å². The largest absolute Gasteiger partial charge is 0.466 e. The molecule has 0 aromatic rings. The standard InChI is InChI=1S/C21H24N4O6S2/c1-5-8-22-20-24(18(28)14(32-20)12-16(26)30-3)10-7-11-25-19(29)15(13-17(27)31-4)33-21(25)23-9-6-2/h5-6,12-13H,1-2,7-11H2,3-4H3/b14-12-,15-13-,22-20?,23-21?. The van der Waals surface area contributed by atoms with Crippen LogP contribution in [0.15, 0.2) is 57.3 Å². The number of ether oxygens (including phenoxy) is 2. The SMILES string of the molecule is C=CCN=C1S/C(=C\C(=O)OC)C(=O)N1CCCN1C(=O)/C(=C/C(=O)OC)SC1=NCC=C. The van der Waals surface area contributed by atoms with Crippen molar-refractivity contribution in [2.45, 2.75) is 6.42 Å². The van der Waals surface area contributed by atoms with Crippen LogP contribution in [-0.4, -0.2) is 84.3 Å². The highest BCUT2D eigenvalue weighted by atomic mass is 32.2. The van der Waals surface area contributed by atoms with Crippen LogP contribution in [0.2, 0.25) is 0 Å². The van der Waals surface area contributed by atoms with Gasteiger partial charge >= 0.3 is 11.9 Å². The number of nitrogens with zero attached hydrogens (tertiary/aromatic N) is 4. The number of carbonyl (C=O) groups is 4. The number of amides is 2. The fraction of sp³-hybridized carbons (Fsp3) is 0.333. The Hall–Kier alpha value is -3.12. The smallest absolute Gasteiger partial charge is 0.331 e. The lowest BCUT2D eigenvalue weighted by Crippen LogP contribution is -2.35. The summed E-state index contributed by atoms with van der Waals surface area (Å²) in [6.45, 7) is 8.35. The van der Waals surface area contributed by atoms with Gasteiger partial charge in [0.05, 0.1) is 37.1 Å². The predicted molar refractivity (Wildman–Crippen MR) is 128 cm³/mol. The molecule has 0 aliphatic carbocycles. The summed E-state index contributed by atoms with van der Waals surface area (Å²) in [6, 6.07) is 0. The number of methoxy groups -OCH3 is 2. The Bertz CT molecular complexity index is 894. The molecule has 2 saturated heterocycles. The van der Waals surface area contributed by atoms with E-state index in [9.17, 15) is 19.2 Å². The molecule has 0 N–H and O–H groups in total. The predicted octanol–water partition coefficient (Wildman–Crippen LogP) is 1.73. The molecule has 2 fully saturated rings. The normalized spacial score (nSPS) is 20.9. The molecule has 33 heavy (non-hydrogen) atoms. The second-order valence-electron chi connectivity index (χ2n) is 6.36. The van der Waals surface area contributed by atoms with Crippen LogP contribution in [0, 0.1) is 0 Å². The summed E-state index contributed by atoms with van der Waals surface area (Å²) < 4.78 is 9.20. The number of amidine groups is 2. The van der Waals surface area contributed by atoms with Crippen molar-refractivity contribution in [1.29, 1.82) is 0 Å². The van der Waals surface area contributed by atoms with Gasteiger partial charge in [-0.05, 0) is 29.9 Å². The van der Waals surface area contributed by atoms with E-state index in [2.05, 4.69) is 32.6 Å². The Morgan fingerprint density at radius 3 is 1.58 bits per heavy atom. The molecule has 0 aromatic heterocycles. The van der Waals surface area contributed by atoms with Crippen molar-refractivity contribution in [1.82, 2.24) is 9.80 Å². The number of rotatable bonds is 10. The Balaban J connectivity index is 2.15. The Morgan fingerprint density at radius 1 is 0.848 bits per heavy atom. The zero-order chi connectivity index (χ0) is 24.4. The van der Waals surface area contributed by atoms with Gasteiger partial charge in [0.15, 0.2) is 10.3 Å². The van der Waals surface area contributed by atoms with Crippen molar-refractivity contribution in [3.63, 3.8) is 0 Å². The van der Waals surface area contributed by atoms with E-state index in [4.69, 9.17) is 0 Å². The maximum Gasteiger partial charge on any atom is 0.331 e. The Labute approximate surface area is 200 Å². The van der Waals surface area contributed by atoms with Crippen molar-refractivity contribution >= 4 is 57.6 Å². The van der Waals surface area contributed by atoms with E-state index >= 15 is 0 Å². The third-order valence-corrected chi connectivity index (χ3v) is 6.24. The van der Waals surface area contributed by atoms with Crippen LogP contribution in [0.4, 0.5) is 0 Å². The zero-order valence-corrected chi connectivity index (χ0v) is 19.9. The van der Waals surface area contributed by atoms with E-state index in [1.54, 1.807) is 12.2 Å². The number of aliphatic imine (C=N–C) groups is 2. The lowest BCUT2D eigenvalue weighted by Gasteiger charge is -2.19. The van der Waals surface area contributed by atoms with Crippen molar-refractivity contribution in [2.75, 3.05) is 40.4 Å². The first-order valence-corrected chi connectivity index (χ1v) is 11.4. The van der Waals surface area contributed by atoms with Crippen molar-refractivity contribution < 1.29 is 28.7 Å². The topological polar surface area (TPSA) is 118 Å². The van der Waals surface area contributed by atoms with Gasteiger partial charge in [0.2, 0.25) is 0 Å². The van der Waals surface area contributed by atoms with Crippen LogP contribution >= 0.6 is 23.5 Å². The molecule has 2 aliphatic heterocycles. The van der Waals surface area contributed by atoms with Gasteiger partial charge in [-0.25, -0.2) is 9.59 Å². The monoisotopic (exact) mass is 492 g/mol. The minimum atomic E-state index is -0.636. The Kier molecular flexibility index (Phi) is 10.1. The minimum Gasteiger partial charge on any atom is -0.466 e. The lowest BCUT2D eigenvalue weighted by molar-refractivity contribution is -0.135. The molecule has 2 amide bonds. The fourth-order valence-electron chi connectivity index (χ4n) is 2.65. The molecule has 0 spiro atoms. The van der Waals surface area contributed by atoms with E-state index in [0.29, 0.717) is 29.8 Å². The second-order valence-corrected chi connectivity index (χ2v) is 8.38. The van der Waals surface area contributed by atoms with Gasteiger partial charge in [-0.15, -0.1) is 13.2 Å². The van der Waals surface area contributed by atoms with E-state index in [1.165, 1.54) is 24.0 Å². The van der Waals surface area contributed by atoms with E-state index in [0.717, 1.165) is 35.7 Å². The van der Waals surface area contributed by atoms with Crippen LogP contribution < -0.4 is 0 Å². The Morgan fingerprint density at radius 2 is 1.24 bits per heavy atom. The molecule has 12 heteroatoms. The highest BCUT2D eigenvalue weighted by Crippen LogP contribution is 2.33. The summed E-state index contributed by atoms with van der Waals surface area (Å²) in [5.74, 6) is -2.02. The molecule has 2 aliphatic rings. The maximum absolute atomic E-state index is 12.8. The summed E-state index contributed by atoms with van der Waals surface area (Å²) in [5, 5.41) is 0.869. The van der Waals surface area contributed by atoms with Crippen LogP contribution in [0.3, 0.4) is 0 Å². The zero-order valence-electron chi connectivity index (χ0n) is 18.3. The van der Waals surface area contributed by atoms with Crippen LogP contribution in [0.1, 0.15) is 6.42 Å². The molecule has 10 nitrogen and oxygen atoms in total. The number of hydrogen-bond donors (Lipinski definition) is 0. The first-order valence-electron chi connectivity index (χ1n) is 9.75. The number of esters is 2. The summed E-state index contributed by atoms with van der Waals surface area (Å²) in [5.41, 5.74) is 0. The molecule has 0 atom stereocenters. The molecule has 2 rings (SSSR count). The van der Waals surface area contributed by atoms with Crippen LogP contribution in [0.25, 0.3) is 0 Å². The van der Waals surface area contributed by atoms with Crippen molar-refractivity contribution in [3.05, 3.63) is 47.3 Å². The molecule has 0 unspecified atom stereocenters. The van der Waals surface area contributed by atoms with E-state index < -0.39 is 11.9 Å². The second kappa shape index (κ2) is 12.8. The molecular weight excluding hydrogens is 468 g/mol. The molecule has 0 bridgehead atoms. The molecular formula is C21H24N4O6S2. The highest BCUT2D eigenvalue weighted by Gasteiger charge is 2.36. The first-order chi connectivity index (χ1) is 15.9. The van der Waals surface area contributed by atoms with Crippen LogP contribution in [-0.2, 0) is 28.7 Å². The number of hydrogen-bond acceptors (Lipinski definition) is 10. The molecule has 2 heterocycles. The first kappa shape index (κ1) is 26.1. The average molecular weight is 493 g/mol. The molecule has 0 aromatic carbocycles. The maximum atomic E-state index is 12.8. The number of thioether (sulfide) groups is 2. The third-order valence-electron chi connectivity index (χ3n) is 4.15. The molecule has 0 saturated carbocycles. The molecule has 0 radical (unpaired) electrons. The summed E-state index contributed by atoms with van der Waals surface area (Å²) >= 11 is 2.15.